The van der Waals surface area contributed by atoms with Crippen molar-refractivity contribution in [2.75, 3.05) is 18.9 Å². The fraction of sp³-hybridized carbons (Fsp3) is 1.00. The molecule has 0 aromatic heterocycles. The molecule has 1 nitrogen and oxygen atoms in total. The van der Waals surface area contributed by atoms with Crippen LogP contribution in [0, 0.1) is 5.92 Å². The van der Waals surface area contributed by atoms with Crippen LogP contribution >= 0.6 is 15.9 Å². The van der Waals surface area contributed by atoms with E-state index >= 15 is 0 Å². The Morgan fingerprint density at radius 1 is 1.21 bits per heavy atom. The van der Waals surface area contributed by atoms with E-state index in [0.717, 1.165) is 17.3 Å². The highest BCUT2D eigenvalue weighted by molar-refractivity contribution is 9.09. The Bertz CT molecular complexity index is 149. The number of rotatable bonds is 5. The maximum atomic E-state index is 3.49. The largest absolute Gasteiger partial charge is 0.303 e. The molecule has 84 valence electrons. The molecule has 0 heterocycles. The van der Waals surface area contributed by atoms with E-state index in [1.807, 2.05) is 0 Å². The summed E-state index contributed by atoms with van der Waals surface area (Å²) >= 11 is 3.49. The lowest BCUT2D eigenvalue weighted by molar-refractivity contribution is 0.138. The molecule has 0 radical (unpaired) electrons. The number of nitrogens with zero attached hydrogens (tertiary/aromatic N) is 1. The van der Waals surface area contributed by atoms with Gasteiger partial charge in [0.2, 0.25) is 0 Å². The van der Waals surface area contributed by atoms with E-state index < -0.39 is 0 Å². The summed E-state index contributed by atoms with van der Waals surface area (Å²) in [5, 5.41) is 1.15. The molecular formula is C12H24BrN. The third kappa shape index (κ3) is 3.90. The first-order chi connectivity index (χ1) is 6.75. The highest BCUT2D eigenvalue weighted by Crippen LogP contribution is 2.27. The standard InChI is InChI=1S/C12H24BrN/c1-11-7-3-4-8-12(11)14(2)10-6-5-9-13/h11-12H,3-10H2,1-2H3. The van der Waals surface area contributed by atoms with Crippen LogP contribution in [0.5, 0.6) is 0 Å². The Balaban J connectivity index is 2.23. The summed E-state index contributed by atoms with van der Waals surface area (Å²) in [6, 6.07) is 0.860. The summed E-state index contributed by atoms with van der Waals surface area (Å²) in [5.74, 6) is 0.915. The maximum absolute atomic E-state index is 3.49. The van der Waals surface area contributed by atoms with E-state index in [1.165, 1.54) is 45.1 Å². The number of hydrogen-bond acceptors (Lipinski definition) is 1. The van der Waals surface area contributed by atoms with Crippen LogP contribution in [0.4, 0.5) is 0 Å². The van der Waals surface area contributed by atoms with Crippen LogP contribution in [-0.4, -0.2) is 29.9 Å². The molecule has 14 heavy (non-hydrogen) atoms. The molecule has 1 aliphatic rings. The number of alkyl halides is 1. The SMILES string of the molecule is CC1CCCCC1N(C)CCCCBr. The third-order valence-corrected chi connectivity index (χ3v) is 4.09. The Morgan fingerprint density at radius 2 is 1.93 bits per heavy atom. The molecule has 0 spiro atoms. The normalized spacial score (nSPS) is 28.3. The van der Waals surface area contributed by atoms with Gasteiger partial charge in [-0.1, -0.05) is 35.7 Å². The first-order valence-electron chi connectivity index (χ1n) is 6.02. The highest BCUT2D eigenvalue weighted by atomic mass is 79.9. The Labute approximate surface area is 97.4 Å². The van der Waals surface area contributed by atoms with E-state index in [4.69, 9.17) is 0 Å². The minimum Gasteiger partial charge on any atom is -0.303 e. The summed E-state index contributed by atoms with van der Waals surface area (Å²) in [6.45, 7) is 3.70. The van der Waals surface area contributed by atoms with Crippen LogP contribution in [0.2, 0.25) is 0 Å². The molecule has 0 bridgehead atoms. The highest BCUT2D eigenvalue weighted by Gasteiger charge is 2.24. The van der Waals surface area contributed by atoms with Crippen LogP contribution in [0.25, 0.3) is 0 Å². The zero-order valence-corrected chi connectivity index (χ0v) is 11.2. The lowest BCUT2D eigenvalue weighted by Gasteiger charge is -2.36. The zero-order chi connectivity index (χ0) is 10.4. The predicted octanol–water partition coefficient (Wildman–Crippen LogP) is 3.67. The van der Waals surface area contributed by atoms with Gasteiger partial charge in [-0.05, 0) is 45.2 Å². The molecule has 1 fully saturated rings. The lowest BCUT2D eigenvalue weighted by atomic mass is 9.85. The smallest absolute Gasteiger partial charge is 0.0118 e. The fourth-order valence-electron chi connectivity index (χ4n) is 2.57. The first-order valence-corrected chi connectivity index (χ1v) is 7.14. The summed E-state index contributed by atoms with van der Waals surface area (Å²) in [5.41, 5.74) is 0. The minimum atomic E-state index is 0.860. The summed E-state index contributed by atoms with van der Waals surface area (Å²) < 4.78 is 0. The van der Waals surface area contributed by atoms with E-state index in [9.17, 15) is 0 Å². The number of unbranched alkanes of at least 4 members (excludes halogenated alkanes) is 1. The van der Waals surface area contributed by atoms with Gasteiger partial charge in [-0.15, -0.1) is 0 Å². The van der Waals surface area contributed by atoms with Crippen molar-refractivity contribution in [3.8, 4) is 0 Å². The van der Waals surface area contributed by atoms with Crippen LogP contribution in [0.1, 0.15) is 45.4 Å². The predicted molar refractivity (Wildman–Crippen MR) is 67.1 cm³/mol. The molecule has 0 aromatic carbocycles. The molecule has 2 unspecified atom stereocenters. The molecule has 2 heteroatoms. The average Bonchev–Trinajstić information content (AvgIpc) is 2.18. The molecule has 1 rings (SSSR count). The monoisotopic (exact) mass is 261 g/mol. The molecule has 1 aliphatic carbocycles. The van der Waals surface area contributed by atoms with Gasteiger partial charge in [0, 0.05) is 11.4 Å². The number of halogens is 1. The van der Waals surface area contributed by atoms with Gasteiger partial charge in [-0.25, -0.2) is 0 Å². The second kappa shape index (κ2) is 6.84. The summed E-state index contributed by atoms with van der Waals surface area (Å²) in [6.07, 6.45) is 8.40. The zero-order valence-electron chi connectivity index (χ0n) is 9.64. The van der Waals surface area contributed by atoms with Gasteiger partial charge in [0.15, 0.2) is 0 Å². The Morgan fingerprint density at radius 3 is 2.57 bits per heavy atom. The molecule has 1 saturated carbocycles. The summed E-state index contributed by atoms with van der Waals surface area (Å²) in [7, 11) is 2.31. The van der Waals surface area contributed by atoms with Gasteiger partial charge in [0.05, 0.1) is 0 Å². The van der Waals surface area contributed by atoms with Crippen LogP contribution in [-0.2, 0) is 0 Å². The van der Waals surface area contributed by atoms with Gasteiger partial charge in [0.1, 0.15) is 0 Å². The fourth-order valence-corrected chi connectivity index (χ4v) is 2.97. The van der Waals surface area contributed by atoms with Gasteiger partial charge >= 0.3 is 0 Å². The van der Waals surface area contributed by atoms with E-state index in [2.05, 4.69) is 34.8 Å². The van der Waals surface area contributed by atoms with Crippen LogP contribution in [0.15, 0.2) is 0 Å². The molecule has 0 aliphatic heterocycles. The Kier molecular flexibility index (Phi) is 6.11. The first kappa shape index (κ1) is 12.5. The van der Waals surface area contributed by atoms with E-state index in [0.29, 0.717) is 0 Å². The van der Waals surface area contributed by atoms with Crippen LogP contribution < -0.4 is 0 Å². The quantitative estimate of drug-likeness (QED) is 0.539. The van der Waals surface area contributed by atoms with Crippen molar-refractivity contribution in [3.63, 3.8) is 0 Å². The Hall–Kier alpha value is 0.440. The molecule has 0 N–H and O–H groups in total. The second-order valence-corrected chi connectivity index (χ2v) is 5.50. The minimum absolute atomic E-state index is 0.860. The van der Waals surface area contributed by atoms with Gasteiger partial charge in [-0.2, -0.15) is 0 Å². The lowest BCUT2D eigenvalue weighted by Crippen LogP contribution is -2.39. The topological polar surface area (TPSA) is 3.24 Å². The summed E-state index contributed by atoms with van der Waals surface area (Å²) in [4.78, 5) is 2.59. The van der Waals surface area contributed by atoms with E-state index in [1.54, 1.807) is 0 Å². The molecule has 0 amide bonds. The van der Waals surface area contributed by atoms with Crippen molar-refractivity contribution in [2.24, 2.45) is 5.92 Å². The van der Waals surface area contributed by atoms with Gasteiger partial charge < -0.3 is 4.90 Å². The van der Waals surface area contributed by atoms with Crippen molar-refractivity contribution in [1.29, 1.82) is 0 Å². The van der Waals surface area contributed by atoms with Crippen molar-refractivity contribution in [1.82, 2.24) is 4.90 Å². The second-order valence-electron chi connectivity index (χ2n) is 4.71. The third-order valence-electron chi connectivity index (χ3n) is 3.53. The molecule has 0 aromatic rings. The van der Waals surface area contributed by atoms with Crippen molar-refractivity contribution >= 4 is 15.9 Å². The molecule has 0 saturated heterocycles. The number of hydrogen-bond donors (Lipinski definition) is 0. The van der Waals surface area contributed by atoms with E-state index in [-0.39, 0.29) is 0 Å². The van der Waals surface area contributed by atoms with Crippen LogP contribution in [0.3, 0.4) is 0 Å². The molecular weight excluding hydrogens is 238 g/mol. The average molecular weight is 262 g/mol. The van der Waals surface area contributed by atoms with Crippen molar-refractivity contribution in [2.45, 2.75) is 51.5 Å². The maximum Gasteiger partial charge on any atom is 0.0118 e. The van der Waals surface area contributed by atoms with Gasteiger partial charge in [0.25, 0.3) is 0 Å². The van der Waals surface area contributed by atoms with Crippen molar-refractivity contribution < 1.29 is 0 Å². The van der Waals surface area contributed by atoms with Gasteiger partial charge in [-0.3, -0.25) is 0 Å². The molecule has 2 atom stereocenters. The van der Waals surface area contributed by atoms with Crippen molar-refractivity contribution in [3.05, 3.63) is 0 Å².